The highest BCUT2D eigenvalue weighted by molar-refractivity contribution is 9.11. The molecule has 0 aromatic heterocycles. The summed E-state index contributed by atoms with van der Waals surface area (Å²) in [7, 11) is 1.65. The Balaban J connectivity index is 2.64. The van der Waals surface area contributed by atoms with Crippen molar-refractivity contribution in [2.45, 2.75) is 0 Å². The molecule has 72 valence electrons. The first-order valence-electron chi connectivity index (χ1n) is 3.81. The van der Waals surface area contributed by atoms with Crippen molar-refractivity contribution in [3.05, 3.63) is 27.1 Å². The van der Waals surface area contributed by atoms with Crippen LogP contribution < -0.4 is 4.74 Å². The van der Waals surface area contributed by atoms with Crippen molar-refractivity contribution in [3.8, 4) is 5.75 Å². The van der Waals surface area contributed by atoms with Gasteiger partial charge in [-0.1, -0.05) is 6.07 Å². The summed E-state index contributed by atoms with van der Waals surface area (Å²) in [5.74, 6) is 0.819. The Morgan fingerprint density at radius 3 is 2.31 bits per heavy atom. The van der Waals surface area contributed by atoms with Crippen molar-refractivity contribution < 1.29 is 9.47 Å². The molecule has 2 nitrogen and oxygen atoms in total. The van der Waals surface area contributed by atoms with Crippen LogP contribution in [0.15, 0.2) is 27.1 Å². The summed E-state index contributed by atoms with van der Waals surface area (Å²) in [4.78, 5) is 0. The number of halogens is 2. The Hall–Kier alpha value is -0.0600. The average molecular weight is 310 g/mol. The lowest BCUT2D eigenvalue weighted by molar-refractivity contribution is 0.145. The van der Waals surface area contributed by atoms with Crippen LogP contribution in [0.2, 0.25) is 0 Å². The summed E-state index contributed by atoms with van der Waals surface area (Å²) in [6.45, 7) is 1.14. The molecule has 0 radical (unpaired) electrons. The first-order chi connectivity index (χ1) is 6.25. The molecule has 4 heteroatoms. The van der Waals surface area contributed by atoms with Crippen molar-refractivity contribution >= 4 is 31.9 Å². The van der Waals surface area contributed by atoms with Gasteiger partial charge in [-0.2, -0.15) is 0 Å². The maximum atomic E-state index is 5.49. The van der Waals surface area contributed by atoms with Crippen LogP contribution in [0.4, 0.5) is 0 Å². The van der Waals surface area contributed by atoms with Crippen LogP contribution in [0.25, 0.3) is 0 Å². The maximum absolute atomic E-state index is 5.49. The summed E-state index contributed by atoms with van der Waals surface area (Å²) >= 11 is 6.81. The highest BCUT2D eigenvalue weighted by Crippen LogP contribution is 2.32. The van der Waals surface area contributed by atoms with Gasteiger partial charge >= 0.3 is 0 Å². The first-order valence-corrected chi connectivity index (χ1v) is 5.40. The standard InChI is InChI=1S/C9H10Br2O2/c1-12-5-6-13-9-7(10)3-2-4-8(9)11/h2-4H,5-6H2,1H3. The molecule has 1 aromatic carbocycles. The third-order valence-corrected chi connectivity index (χ3v) is 2.70. The van der Waals surface area contributed by atoms with Crippen LogP contribution in [0.3, 0.4) is 0 Å². The van der Waals surface area contributed by atoms with Gasteiger partial charge in [0.15, 0.2) is 0 Å². The molecule has 0 spiro atoms. The molecular formula is C9H10Br2O2. The van der Waals surface area contributed by atoms with E-state index in [4.69, 9.17) is 9.47 Å². The van der Waals surface area contributed by atoms with Crippen molar-refractivity contribution in [1.29, 1.82) is 0 Å². The van der Waals surface area contributed by atoms with Gasteiger partial charge in [-0.25, -0.2) is 0 Å². The molecular weight excluding hydrogens is 300 g/mol. The molecule has 13 heavy (non-hydrogen) atoms. The predicted molar refractivity (Wildman–Crippen MR) is 59.2 cm³/mol. The molecule has 1 aromatic rings. The van der Waals surface area contributed by atoms with Crippen molar-refractivity contribution in [2.24, 2.45) is 0 Å². The number of ether oxygens (including phenoxy) is 2. The van der Waals surface area contributed by atoms with E-state index in [0.29, 0.717) is 13.2 Å². The molecule has 0 aliphatic heterocycles. The molecule has 0 N–H and O–H groups in total. The Morgan fingerprint density at radius 1 is 1.15 bits per heavy atom. The van der Waals surface area contributed by atoms with E-state index in [1.54, 1.807) is 7.11 Å². The van der Waals surface area contributed by atoms with Gasteiger partial charge < -0.3 is 9.47 Å². The molecule has 1 rings (SSSR count). The molecule has 0 fully saturated rings. The highest BCUT2D eigenvalue weighted by atomic mass is 79.9. The number of para-hydroxylation sites is 1. The molecule has 0 aliphatic carbocycles. The van der Waals surface area contributed by atoms with E-state index in [0.717, 1.165) is 14.7 Å². The molecule has 0 saturated heterocycles. The third-order valence-electron chi connectivity index (χ3n) is 1.45. The second-order valence-corrected chi connectivity index (χ2v) is 4.10. The number of methoxy groups -OCH3 is 1. The summed E-state index contributed by atoms with van der Waals surface area (Å²) in [6.07, 6.45) is 0. The Kier molecular flexibility index (Phi) is 4.77. The smallest absolute Gasteiger partial charge is 0.147 e. The summed E-state index contributed by atoms with van der Waals surface area (Å²) in [6, 6.07) is 5.82. The fourth-order valence-corrected chi connectivity index (χ4v) is 2.07. The van der Waals surface area contributed by atoms with Crippen LogP contribution >= 0.6 is 31.9 Å². The van der Waals surface area contributed by atoms with Crippen LogP contribution in [0.1, 0.15) is 0 Å². The van der Waals surface area contributed by atoms with E-state index in [1.165, 1.54) is 0 Å². The summed E-state index contributed by atoms with van der Waals surface area (Å²) in [5, 5.41) is 0. The largest absolute Gasteiger partial charge is 0.489 e. The SMILES string of the molecule is COCCOc1c(Br)cccc1Br. The number of benzene rings is 1. The summed E-state index contributed by atoms with van der Waals surface area (Å²) < 4.78 is 12.3. The van der Waals surface area contributed by atoms with E-state index in [2.05, 4.69) is 31.9 Å². The molecule has 0 atom stereocenters. The van der Waals surface area contributed by atoms with Gasteiger partial charge in [-0.15, -0.1) is 0 Å². The highest BCUT2D eigenvalue weighted by Gasteiger charge is 2.04. The van der Waals surface area contributed by atoms with Gasteiger partial charge in [0.2, 0.25) is 0 Å². The Labute approximate surface area is 94.5 Å². The number of hydrogen-bond acceptors (Lipinski definition) is 2. The topological polar surface area (TPSA) is 18.5 Å². The summed E-state index contributed by atoms with van der Waals surface area (Å²) in [5.41, 5.74) is 0. The van der Waals surface area contributed by atoms with Crippen LogP contribution in [0.5, 0.6) is 5.75 Å². The average Bonchev–Trinajstić information content (AvgIpc) is 2.10. The van der Waals surface area contributed by atoms with Gasteiger partial charge in [0.25, 0.3) is 0 Å². The minimum Gasteiger partial charge on any atom is -0.489 e. The van der Waals surface area contributed by atoms with Crippen LogP contribution in [0, 0.1) is 0 Å². The zero-order valence-electron chi connectivity index (χ0n) is 7.22. The molecule has 0 amide bonds. The molecule has 0 saturated carbocycles. The monoisotopic (exact) mass is 308 g/mol. The van der Waals surface area contributed by atoms with Crippen molar-refractivity contribution in [3.63, 3.8) is 0 Å². The lowest BCUT2D eigenvalue weighted by atomic mass is 10.3. The quantitative estimate of drug-likeness (QED) is 0.795. The van der Waals surface area contributed by atoms with Crippen LogP contribution in [-0.2, 0) is 4.74 Å². The normalized spacial score (nSPS) is 10.1. The van der Waals surface area contributed by atoms with Gasteiger partial charge in [0, 0.05) is 7.11 Å². The van der Waals surface area contributed by atoms with Gasteiger partial charge in [0.1, 0.15) is 12.4 Å². The Morgan fingerprint density at radius 2 is 1.77 bits per heavy atom. The molecule has 0 heterocycles. The zero-order chi connectivity index (χ0) is 9.68. The fourth-order valence-electron chi connectivity index (χ4n) is 0.847. The van der Waals surface area contributed by atoms with E-state index >= 15 is 0 Å². The maximum Gasteiger partial charge on any atom is 0.147 e. The minimum absolute atomic E-state index is 0.553. The minimum atomic E-state index is 0.553. The molecule has 0 bridgehead atoms. The number of rotatable bonds is 4. The van der Waals surface area contributed by atoms with E-state index in [1.807, 2.05) is 18.2 Å². The first kappa shape index (κ1) is 11.0. The van der Waals surface area contributed by atoms with Crippen molar-refractivity contribution in [2.75, 3.05) is 20.3 Å². The zero-order valence-corrected chi connectivity index (χ0v) is 10.4. The van der Waals surface area contributed by atoms with Gasteiger partial charge in [0.05, 0.1) is 15.6 Å². The molecule has 0 aliphatic rings. The Bertz CT molecular complexity index is 256. The van der Waals surface area contributed by atoms with E-state index < -0.39 is 0 Å². The van der Waals surface area contributed by atoms with E-state index in [-0.39, 0.29) is 0 Å². The van der Waals surface area contributed by atoms with E-state index in [9.17, 15) is 0 Å². The fraction of sp³-hybridized carbons (Fsp3) is 0.333. The number of hydrogen-bond donors (Lipinski definition) is 0. The van der Waals surface area contributed by atoms with Gasteiger partial charge in [-0.3, -0.25) is 0 Å². The third kappa shape index (κ3) is 3.29. The lowest BCUT2D eigenvalue weighted by Crippen LogP contribution is -2.04. The second kappa shape index (κ2) is 5.62. The molecule has 0 unspecified atom stereocenters. The second-order valence-electron chi connectivity index (χ2n) is 2.39. The lowest BCUT2D eigenvalue weighted by Gasteiger charge is -2.08. The van der Waals surface area contributed by atoms with Gasteiger partial charge in [-0.05, 0) is 44.0 Å². The predicted octanol–water partition coefficient (Wildman–Crippen LogP) is 3.24. The van der Waals surface area contributed by atoms with Crippen LogP contribution in [-0.4, -0.2) is 20.3 Å². The van der Waals surface area contributed by atoms with Crippen molar-refractivity contribution in [1.82, 2.24) is 0 Å².